The van der Waals surface area contributed by atoms with E-state index in [2.05, 4.69) is 5.32 Å². The Labute approximate surface area is 184 Å². The number of nitrogens with one attached hydrogen (secondary N) is 2. The van der Waals surface area contributed by atoms with Gasteiger partial charge in [0.1, 0.15) is 23.5 Å². The van der Waals surface area contributed by atoms with Gasteiger partial charge in [-0.3, -0.25) is 9.59 Å². The molecule has 32 heavy (non-hydrogen) atoms. The number of amides is 2. The molecule has 2 aromatic rings. The number of halogens is 3. The SMILES string of the molecule is CCC1CC(C(F)(F)F)NC(=O)C1C(=O)NC1c2ccc(C)cc2Oc2cccc(C)c21. The van der Waals surface area contributed by atoms with Crippen molar-refractivity contribution in [3.63, 3.8) is 0 Å². The Morgan fingerprint density at radius 2 is 1.94 bits per heavy atom. The maximum absolute atomic E-state index is 13.3. The van der Waals surface area contributed by atoms with E-state index >= 15 is 0 Å². The van der Waals surface area contributed by atoms with Gasteiger partial charge in [0.15, 0.2) is 0 Å². The van der Waals surface area contributed by atoms with E-state index in [4.69, 9.17) is 4.74 Å². The molecule has 5 nitrogen and oxygen atoms in total. The Morgan fingerprint density at radius 1 is 1.19 bits per heavy atom. The summed E-state index contributed by atoms with van der Waals surface area (Å²) in [5.74, 6) is -2.16. The zero-order valence-electron chi connectivity index (χ0n) is 18.0. The van der Waals surface area contributed by atoms with E-state index in [9.17, 15) is 22.8 Å². The molecule has 0 bridgehead atoms. The molecule has 2 N–H and O–H groups in total. The lowest BCUT2D eigenvalue weighted by Crippen LogP contribution is -2.58. The Morgan fingerprint density at radius 3 is 2.62 bits per heavy atom. The van der Waals surface area contributed by atoms with Crippen molar-refractivity contribution in [2.24, 2.45) is 11.8 Å². The topological polar surface area (TPSA) is 67.4 Å². The molecule has 1 fully saturated rings. The quantitative estimate of drug-likeness (QED) is 0.672. The molecule has 2 aliphatic rings. The number of hydrogen-bond donors (Lipinski definition) is 2. The largest absolute Gasteiger partial charge is 0.457 e. The highest BCUT2D eigenvalue weighted by Gasteiger charge is 2.50. The molecule has 2 aliphatic heterocycles. The van der Waals surface area contributed by atoms with E-state index in [0.29, 0.717) is 11.5 Å². The van der Waals surface area contributed by atoms with Crippen LogP contribution in [0.15, 0.2) is 36.4 Å². The zero-order valence-corrected chi connectivity index (χ0v) is 18.0. The third kappa shape index (κ3) is 3.94. The van der Waals surface area contributed by atoms with Gasteiger partial charge in [-0.1, -0.05) is 37.6 Å². The number of hydrogen-bond acceptors (Lipinski definition) is 3. The molecule has 0 spiro atoms. The lowest BCUT2D eigenvalue weighted by Gasteiger charge is -2.37. The van der Waals surface area contributed by atoms with Gasteiger partial charge in [0, 0.05) is 11.1 Å². The van der Waals surface area contributed by atoms with Crippen molar-refractivity contribution in [2.45, 2.75) is 51.9 Å². The van der Waals surface area contributed by atoms with Crippen molar-refractivity contribution in [2.75, 3.05) is 0 Å². The van der Waals surface area contributed by atoms with Crippen molar-refractivity contribution >= 4 is 11.8 Å². The van der Waals surface area contributed by atoms with E-state index in [0.717, 1.165) is 22.3 Å². The predicted molar refractivity (Wildman–Crippen MR) is 112 cm³/mol. The van der Waals surface area contributed by atoms with E-state index in [1.807, 2.05) is 55.6 Å². The minimum absolute atomic E-state index is 0.289. The minimum Gasteiger partial charge on any atom is -0.457 e. The summed E-state index contributed by atoms with van der Waals surface area (Å²) < 4.78 is 45.7. The summed E-state index contributed by atoms with van der Waals surface area (Å²) in [6.45, 7) is 5.53. The second-order valence-corrected chi connectivity index (χ2v) is 8.56. The Bertz CT molecular complexity index is 1070. The van der Waals surface area contributed by atoms with Crippen LogP contribution >= 0.6 is 0 Å². The van der Waals surface area contributed by atoms with Gasteiger partial charge in [-0.2, -0.15) is 13.2 Å². The summed E-state index contributed by atoms with van der Waals surface area (Å²) in [4.78, 5) is 25.9. The van der Waals surface area contributed by atoms with Crippen molar-refractivity contribution in [1.82, 2.24) is 10.6 Å². The molecule has 4 rings (SSSR count). The molecule has 4 unspecified atom stereocenters. The average Bonchev–Trinajstić information content (AvgIpc) is 2.71. The maximum Gasteiger partial charge on any atom is 0.408 e. The molecule has 0 radical (unpaired) electrons. The molecule has 2 aromatic carbocycles. The minimum atomic E-state index is -4.54. The summed E-state index contributed by atoms with van der Waals surface area (Å²) in [6, 6.07) is 8.69. The molecular weight excluding hydrogens is 421 g/mol. The van der Waals surface area contributed by atoms with Crippen LogP contribution in [0.25, 0.3) is 0 Å². The average molecular weight is 446 g/mol. The predicted octanol–water partition coefficient (Wildman–Crippen LogP) is 4.71. The zero-order chi connectivity index (χ0) is 23.2. The number of ether oxygens (including phenoxy) is 1. The number of aryl methyl sites for hydroxylation is 2. The van der Waals surface area contributed by atoms with Gasteiger partial charge < -0.3 is 15.4 Å². The number of rotatable bonds is 3. The van der Waals surface area contributed by atoms with Gasteiger partial charge in [-0.25, -0.2) is 0 Å². The van der Waals surface area contributed by atoms with Gasteiger partial charge >= 0.3 is 6.18 Å². The van der Waals surface area contributed by atoms with Crippen molar-refractivity contribution < 1.29 is 27.5 Å². The fourth-order valence-corrected chi connectivity index (χ4v) is 4.66. The van der Waals surface area contributed by atoms with Crippen LogP contribution in [0.1, 0.15) is 48.1 Å². The molecule has 170 valence electrons. The first-order chi connectivity index (χ1) is 15.1. The van der Waals surface area contributed by atoms with Gasteiger partial charge in [-0.05, 0) is 49.4 Å². The Hall–Kier alpha value is -3.03. The third-order valence-electron chi connectivity index (χ3n) is 6.37. The second kappa shape index (κ2) is 8.15. The van der Waals surface area contributed by atoms with Gasteiger partial charge in [-0.15, -0.1) is 0 Å². The van der Waals surface area contributed by atoms with Crippen LogP contribution in [0, 0.1) is 25.7 Å². The number of benzene rings is 2. The van der Waals surface area contributed by atoms with Crippen LogP contribution < -0.4 is 15.4 Å². The third-order valence-corrected chi connectivity index (χ3v) is 6.37. The molecular formula is C24H25F3N2O3. The smallest absolute Gasteiger partial charge is 0.408 e. The molecule has 0 aliphatic carbocycles. The summed E-state index contributed by atoms with van der Waals surface area (Å²) in [7, 11) is 0. The molecule has 2 amide bonds. The van der Waals surface area contributed by atoms with Crippen LogP contribution in [0.5, 0.6) is 11.5 Å². The summed E-state index contributed by atoms with van der Waals surface area (Å²) in [5.41, 5.74) is 3.40. The number of piperidine rings is 1. The summed E-state index contributed by atoms with van der Waals surface area (Å²) in [5, 5.41) is 4.95. The fourth-order valence-electron chi connectivity index (χ4n) is 4.66. The number of carbonyl (C=O) groups excluding carboxylic acids is 2. The molecule has 4 atom stereocenters. The highest BCUT2D eigenvalue weighted by Crippen LogP contribution is 2.45. The second-order valence-electron chi connectivity index (χ2n) is 8.56. The van der Waals surface area contributed by atoms with Crippen molar-refractivity contribution in [3.05, 3.63) is 58.7 Å². The monoisotopic (exact) mass is 446 g/mol. The van der Waals surface area contributed by atoms with Crippen molar-refractivity contribution in [1.29, 1.82) is 0 Å². The van der Waals surface area contributed by atoms with Crippen LogP contribution in [0.3, 0.4) is 0 Å². The molecule has 8 heteroatoms. The van der Waals surface area contributed by atoms with Crippen LogP contribution in [0.2, 0.25) is 0 Å². The number of fused-ring (bicyclic) bond motifs is 2. The van der Waals surface area contributed by atoms with Gasteiger partial charge in [0.2, 0.25) is 11.8 Å². The Balaban J connectivity index is 1.67. The lowest BCUT2D eigenvalue weighted by molar-refractivity contribution is -0.176. The van der Waals surface area contributed by atoms with E-state index in [1.165, 1.54) is 0 Å². The summed E-state index contributed by atoms with van der Waals surface area (Å²) in [6.07, 6.45) is -4.57. The van der Waals surface area contributed by atoms with Crippen LogP contribution in [-0.4, -0.2) is 24.0 Å². The Kier molecular flexibility index (Phi) is 5.65. The van der Waals surface area contributed by atoms with Gasteiger partial charge in [0.25, 0.3) is 0 Å². The van der Waals surface area contributed by atoms with Crippen molar-refractivity contribution in [3.8, 4) is 11.5 Å². The maximum atomic E-state index is 13.3. The highest BCUT2D eigenvalue weighted by atomic mass is 19.4. The van der Waals surface area contributed by atoms with Crippen LogP contribution in [-0.2, 0) is 9.59 Å². The van der Waals surface area contributed by atoms with E-state index in [1.54, 1.807) is 6.92 Å². The van der Waals surface area contributed by atoms with Crippen LogP contribution in [0.4, 0.5) is 13.2 Å². The van der Waals surface area contributed by atoms with E-state index < -0.39 is 41.9 Å². The fraction of sp³-hybridized carbons (Fsp3) is 0.417. The van der Waals surface area contributed by atoms with Gasteiger partial charge in [0.05, 0.1) is 6.04 Å². The van der Waals surface area contributed by atoms with E-state index in [-0.39, 0.29) is 12.8 Å². The molecule has 0 saturated carbocycles. The molecule has 2 heterocycles. The standard InChI is InChI=1S/C24H25F3N2O3/c1-4-14-11-18(24(25,26)27)28-22(30)20(14)23(31)29-21-15-9-8-12(2)10-17(15)32-16-7-5-6-13(3)19(16)21/h5-10,14,18,20-21H,4,11H2,1-3H3,(H,28,30)(H,29,31). The highest BCUT2D eigenvalue weighted by molar-refractivity contribution is 6.01. The summed E-state index contributed by atoms with van der Waals surface area (Å²) >= 11 is 0. The molecule has 0 aromatic heterocycles. The number of carbonyl (C=O) groups is 2. The number of alkyl halides is 3. The normalized spacial score (nSPS) is 24.6. The molecule has 1 saturated heterocycles. The first-order valence-electron chi connectivity index (χ1n) is 10.7. The lowest BCUT2D eigenvalue weighted by atomic mass is 9.79. The first kappa shape index (κ1) is 22.2. The first-order valence-corrected chi connectivity index (χ1v) is 10.7.